The summed E-state index contributed by atoms with van der Waals surface area (Å²) in [6, 6.07) is 19.0. The van der Waals surface area contributed by atoms with Crippen LogP contribution in [-0.4, -0.2) is 18.9 Å². The first-order valence-corrected chi connectivity index (χ1v) is 11.6. The number of aryl methyl sites for hydroxylation is 2. The Bertz CT molecular complexity index is 1110. The van der Waals surface area contributed by atoms with Gasteiger partial charge < -0.3 is 9.47 Å². The second-order valence-corrected chi connectivity index (χ2v) is 8.29. The fourth-order valence-electron chi connectivity index (χ4n) is 3.95. The molecule has 0 saturated carbocycles. The molecule has 3 aromatic carbocycles. The molecule has 0 spiro atoms. The third kappa shape index (κ3) is 6.32. The SMILES string of the molecule is CCCc1cc(Cc2ccc(OC(=O)c3ccc(C(C)=O)cc3)c(CCC)c2)ccc1OC. The predicted octanol–water partition coefficient (Wildman–Crippen LogP) is 6.61. The lowest BCUT2D eigenvalue weighted by Gasteiger charge is -2.13. The molecule has 4 heteroatoms. The highest BCUT2D eigenvalue weighted by molar-refractivity contribution is 5.96. The van der Waals surface area contributed by atoms with E-state index in [1.165, 1.54) is 23.6 Å². The summed E-state index contributed by atoms with van der Waals surface area (Å²) in [6.45, 7) is 5.78. The molecule has 0 saturated heterocycles. The molecule has 0 aromatic heterocycles. The summed E-state index contributed by atoms with van der Waals surface area (Å²) >= 11 is 0. The van der Waals surface area contributed by atoms with Crippen LogP contribution in [0, 0.1) is 0 Å². The Morgan fingerprint density at radius 2 is 1.24 bits per heavy atom. The number of hydrogen-bond acceptors (Lipinski definition) is 4. The predicted molar refractivity (Wildman–Crippen MR) is 132 cm³/mol. The lowest BCUT2D eigenvalue weighted by Crippen LogP contribution is -2.10. The van der Waals surface area contributed by atoms with Gasteiger partial charge in [-0.05, 0) is 72.7 Å². The zero-order valence-electron chi connectivity index (χ0n) is 19.9. The number of hydrogen-bond donors (Lipinski definition) is 0. The third-order valence-corrected chi connectivity index (χ3v) is 5.65. The minimum atomic E-state index is -0.422. The van der Waals surface area contributed by atoms with Crippen LogP contribution in [0.1, 0.15) is 76.6 Å². The molecule has 0 radical (unpaired) electrons. The molecule has 0 aliphatic heterocycles. The van der Waals surface area contributed by atoms with E-state index in [4.69, 9.17) is 9.47 Å². The van der Waals surface area contributed by atoms with Crippen LogP contribution < -0.4 is 9.47 Å². The molecule has 0 bridgehead atoms. The van der Waals surface area contributed by atoms with Crippen LogP contribution in [-0.2, 0) is 19.3 Å². The highest BCUT2D eigenvalue weighted by Crippen LogP contribution is 2.27. The van der Waals surface area contributed by atoms with Gasteiger partial charge in [-0.1, -0.05) is 63.1 Å². The molecule has 0 aliphatic rings. The number of ether oxygens (including phenoxy) is 2. The molecular formula is C29H32O4. The first kappa shape index (κ1) is 24.2. The summed E-state index contributed by atoms with van der Waals surface area (Å²) < 4.78 is 11.2. The third-order valence-electron chi connectivity index (χ3n) is 5.65. The highest BCUT2D eigenvalue weighted by atomic mass is 16.5. The van der Waals surface area contributed by atoms with Crippen molar-refractivity contribution in [2.45, 2.75) is 52.9 Å². The average molecular weight is 445 g/mol. The monoisotopic (exact) mass is 444 g/mol. The highest BCUT2D eigenvalue weighted by Gasteiger charge is 2.13. The van der Waals surface area contributed by atoms with E-state index >= 15 is 0 Å². The minimum Gasteiger partial charge on any atom is -0.496 e. The zero-order valence-corrected chi connectivity index (χ0v) is 19.9. The summed E-state index contributed by atoms with van der Waals surface area (Å²) in [5, 5.41) is 0. The van der Waals surface area contributed by atoms with E-state index in [1.54, 1.807) is 31.4 Å². The fourth-order valence-corrected chi connectivity index (χ4v) is 3.95. The Morgan fingerprint density at radius 3 is 1.76 bits per heavy atom. The number of carbonyl (C=O) groups excluding carboxylic acids is 2. The van der Waals surface area contributed by atoms with E-state index in [1.807, 2.05) is 18.2 Å². The lowest BCUT2D eigenvalue weighted by atomic mass is 9.97. The zero-order chi connectivity index (χ0) is 23.8. The molecule has 0 unspecified atom stereocenters. The summed E-state index contributed by atoms with van der Waals surface area (Å²) in [5.41, 5.74) is 5.66. The first-order chi connectivity index (χ1) is 15.9. The Hall–Kier alpha value is -3.40. The van der Waals surface area contributed by atoms with E-state index in [9.17, 15) is 9.59 Å². The maximum atomic E-state index is 12.7. The second kappa shape index (κ2) is 11.5. The largest absolute Gasteiger partial charge is 0.496 e. The van der Waals surface area contributed by atoms with Crippen molar-refractivity contribution in [3.8, 4) is 11.5 Å². The molecule has 0 atom stereocenters. The molecule has 0 N–H and O–H groups in total. The molecule has 0 heterocycles. The topological polar surface area (TPSA) is 52.6 Å². The summed E-state index contributed by atoms with van der Waals surface area (Å²) in [4.78, 5) is 24.1. The van der Waals surface area contributed by atoms with E-state index in [-0.39, 0.29) is 5.78 Å². The van der Waals surface area contributed by atoms with Crippen molar-refractivity contribution in [3.63, 3.8) is 0 Å². The van der Waals surface area contributed by atoms with E-state index in [2.05, 4.69) is 32.0 Å². The van der Waals surface area contributed by atoms with E-state index in [0.29, 0.717) is 16.9 Å². The fraction of sp³-hybridized carbons (Fsp3) is 0.310. The Kier molecular flexibility index (Phi) is 8.42. The molecule has 3 rings (SSSR count). The van der Waals surface area contributed by atoms with Gasteiger partial charge in [-0.2, -0.15) is 0 Å². The average Bonchev–Trinajstić information content (AvgIpc) is 2.81. The maximum absolute atomic E-state index is 12.7. The second-order valence-electron chi connectivity index (χ2n) is 8.29. The van der Waals surface area contributed by atoms with Crippen molar-refractivity contribution < 1.29 is 19.1 Å². The van der Waals surface area contributed by atoms with Crippen LogP contribution in [0.3, 0.4) is 0 Å². The van der Waals surface area contributed by atoms with Gasteiger partial charge in [-0.15, -0.1) is 0 Å². The molecule has 172 valence electrons. The summed E-state index contributed by atoms with van der Waals surface area (Å²) in [7, 11) is 1.71. The molecule has 0 fully saturated rings. The molecule has 33 heavy (non-hydrogen) atoms. The number of benzene rings is 3. The van der Waals surface area contributed by atoms with Gasteiger partial charge in [0.1, 0.15) is 11.5 Å². The van der Waals surface area contributed by atoms with Gasteiger partial charge in [-0.25, -0.2) is 4.79 Å². The van der Waals surface area contributed by atoms with Gasteiger partial charge in [0.15, 0.2) is 5.78 Å². The van der Waals surface area contributed by atoms with Gasteiger partial charge in [0, 0.05) is 5.56 Å². The van der Waals surface area contributed by atoms with Crippen LogP contribution in [0.2, 0.25) is 0 Å². The van der Waals surface area contributed by atoms with Gasteiger partial charge in [0.25, 0.3) is 0 Å². The first-order valence-electron chi connectivity index (χ1n) is 11.6. The number of ketones is 1. The van der Waals surface area contributed by atoms with Crippen molar-refractivity contribution in [1.82, 2.24) is 0 Å². The van der Waals surface area contributed by atoms with Gasteiger partial charge in [0.05, 0.1) is 12.7 Å². The van der Waals surface area contributed by atoms with Crippen LogP contribution in [0.5, 0.6) is 11.5 Å². The van der Waals surface area contributed by atoms with Crippen molar-refractivity contribution in [1.29, 1.82) is 0 Å². The standard InChI is InChI=1S/C29H32O4/c1-5-7-25-18-21(9-15-27(25)32-4)17-22-10-16-28(26(19-22)8-6-2)33-29(31)24-13-11-23(12-14-24)20(3)30/h9-16,18-19H,5-8,17H2,1-4H3. The summed E-state index contributed by atoms with van der Waals surface area (Å²) in [6.07, 6.45) is 4.63. The Morgan fingerprint density at radius 1 is 0.727 bits per heavy atom. The van der Waals surface area contributed by atoms with Gasteiger partial charge >= 0.3 is 5.97 Å². The number of esters is 1. The van der Waals surface area contributed by atoms with Crippen LogP contribution in [0.4, 0.5) is 0 Å². The Labute approximate surface area is 196 Å². The van der Waals surface area contributed by atoms with Gasteiger partial charge in [-0.3, -0.25) is 4.79 Å². The molecular weight excluding hydrogens is 412 g/mol. The van der Waals surface area contributed by atoms with Crippen molar-refractivity contribution >= 4 is 11.8 Å². The number of Topliss-reactive ketones (excluding diaryl/α,β-unsaturated/α-hetero) is 1. The quantitative estimate of drug-likeness (QED) is 0.200. The van der Waals surface area contributed by atoms with Crippen molar-refractivity contribution in [3.05, 3.63) is 94.0 Å². The molecule has 0 amide bonds. The van der Waals surface area contributed by atoms with E-state index < -0.39 is 5.97 Å². The number of carbonyl (C=O) groups is 2. The number of rotatable bonds is 10. The summed E-state index contributed by atoms with van der Waals surface area (Å²) in [5.74, 6) is 1.07. The van der Waals surface area contributed by atoms with E-state index in [0.717, 1.165) is 43.4 Å². The Balaban J connectivity index is 1.79. The molecule has 0 aliphatic carbocycles. The van der Waals surface area contributed by atoms with Crippen molar-refractivity contribution in [2.75, 3.05) is 7.11 Å². The maximum Gasteiger partial charge on any atom is 0.343 e. The minimum absolute atomic E-state index is 0.0330. The smallest absolute Gasteiger partial charge is 0.343 e. The van der Waals surface area contributed by atoms with Crippen LogP contribution >= 0.6 is 0 Å². The number of methoxy groups -OCH3 is 1. The van der Waals surface area contributed by atoms with Crippen LogP contribution in [0.25, 0.3) is 0 Å². The lowest BCUT2D eigenvalue weighted by molar-refractivity contribution is 0.0732. The molecule has 3 aromatic rings. The molecule has 4 nitrogen and oxygen atoms in total. The van der Waals surface area contributed by atoms with Crippen molar-refractivity contribution in [2.24, 2.45) is 0 Å². The van der Waals surface area contributed by atoms with Gasteiger partial charge in [0.2, 0.25) is 0 Å². The normalized spacial score (nSPS) is 10.7. The van der Waals surface area contributed by atoms with Crippen LogP contribution in [0.15, 0.2) is 60.7 Å².